The molecular formula is C15H11F3N4O3S. The molecule has 0 radical (unpaired) electrons. The Labute approximate surface area is 148 Å². The number of fused-ring (bicyclic) bond motifs is 1. The lowest BCUT2D eigenvalue weighted by molar-refractivity contribution is -0.138. The van der Waals surface area contributed by atoms with Gasteiger partial charge in [-0.3, -0.25) is 14.9 Å². The highest BCUT2D eigenvalue weighted by Gasteiger charge is 2.36. The largest absolute Gasteiger partial charge is 0.497 e. The van der Waals surface area contributed by atoms with Crippen LogP contribution in [-0.4, -0.2) is 27.8 Å². The van der Waals surface area contributed by atoms with E-state index >= 15 is 0 Å². The molecule has 0 aliphatic carbocycles. The van der Waals surface area contributed by atoms with Gasteiger partial charge in [-0.1, -0.05) is 11.3 Å². The number of alkyl halides is 3. The number of anilines is 1. The summed E-state index contributed by atoms with van der Waals surface area (Å²) in [4.78, 5) is 24.9. The first-order valence-corrected chi connectivity index (χ1v) is 7.92. The fourth-order valence-corrected chi connectivity index (χ4v) is 2.92. The average Bonchev–Trinajstić information content (AvgIpc) is 3.06. The number of nitrogens with one attached hydrogen (secondary N) is 1. The van der Waals surface area contributed by atoms with Gasteiger partial charge in [0.2, 0.25) is 15.6 Å². The molecule has 26 heavy (non-hydrogen) atoms. The van der Waals surface area contributed by atoms with Crippen molar-refractivity contribution in [3.8, 4) is 5.75 Å². The van der Waals surface area contributed by atoms with Crippen molar-refractivity contribution >= 4 is 33.3 Å². The average molecular weight is 384 g/mol. The molecule has 0 bridgehead atoms. The summed E-state index contributed by atoms with van der Waals surface area (Å²) in [5, 5.41) is 7.13. The van der Waals surface area contributed by atoms with Gasteiger partial charge >= 0.3 is 6.18 Å². The molecule has 0 saturated heterocycles. The van der Waals surface area contributed by atoms with Crippen LogP contribution in [-0.2, 0) is 13.2 Å². The molecule has 1 aromatic carbocycles. The number of halogens is 3. The highest BCUT2D eigenvalue weighted by Crippen LogP contribution is 2.33. The fraction of sp³-hybridized carbons (Fsp3) is 0.200. The van der Waals surface area contributed by atoms with Crippen LogP contribution in [0, 0.1) is 0 Å². The van der Waals surface area contributed by atoms with E-state index < -0.39 is 22.5 Å². The van der Waals surface area contributed by atoms with Gasteiger partial charge in [-0.2, -0.15) is 13.2 Å². The maximum Gasteiger partial charge on any atom is 0.445 e. The third-order valence-corrected chi connectivity index (χ3v) is 4.41. The summed E-state index contributed by atoms with van der Waals surface area (Å²) in [6, 6.07) is 4.82. The zero-order valence-corrected chi connectivity index (χ0v) is 14.2. The molecule has 136 valence electrons. The lowest BCUT2D eigenvalue weighted by atomic mass is 10.1. The van der Waals surface area contributed by atoms with Crippen molar-refractivity contribution in [2.45, 2.75) is 6.18 Å². The molecule has 2 aromatic heterocycles. The lowest BCUT2D eigenvalue weighted by Crippen LogP contribution is -2.23. The zero-order valence-electron chi connectivity index (χ0n) is 13.4. The number of nitrogens with zero attached hydrogens (tertiary/aromatic N) is 3. The van der Waals surface area contributed by atoms with Crippen LogP contribution in [0.25, 0.3) is 10.9 Å². The zero-order chi connectivity index (χ0) is 19.1. The van der Waals surface area contributed by atoms with Crippen LogP contribution in [0.5, 0.6) is 5.75 Å². The Balaban J connectivity index is 1.99. The van der Waals surface area contributed by atoms with E-state index in [1.807, 2.05) is 0 Å². The summed E-state index contributed by atoms with van der Waals surface area (Å²) < 4.78 is 44.3. The van der Waals surface area contributed by atoms with Gasteiger partial charge in [-0.05, 0) is 18.2 Å². The summed E-state index contributed by atoms with van der Waals surface area (Å²) in [7, 11) is 3.08. The van der Waals surface area contributed by atoms with E-state index in [9.17, 15) is 22.8 Å². The quantitative estimate of drug-likeness (QED) is 0.750. The van der Waals surface area contributed by atoms with Crippen molar-refractivity contribution in [1.29, 1.82) is 0 Å². The second-order valence-electron chi connectivity index (χ2n) is 5.23. The van der Waals surface area contributed by atoms with E-state index in [4.69, 9.17) is 4.74 Å². The van der Waals surface area contributed by atoms with Crippen LogP contribution >= 0.6 is 11.3 Å². The first-order valence-electron chi connectivity index (χ1n) is 7.10. The summed E-state index contributed by atoms with van der Waals surface area (Å²) >= 11 is 0.175. The second-order valence-corrected chi connectivity index (χ2v) is 6.21. The Kier molecular flexibility index (Phi) is 4.40. The minimum atomic E-state index is -4.66. The number of rotatable bonds is 3. The number of hydrogen-bond acceptors (Lipinski definition) is 6. The molecule has 7 nitrogen and oxygen atoms in total. The molecule has 1 N–H and O–H groups in total. The number of methoxy groups -OCH3 is 1. The van der Waals surface area contributed by atoms with Gasteiger partial charge in [0.25, 0.3) is 5.91 Å². The van der Waals surface area contributed by atoms with Crippen molar-refractivity contribution in [2.24, 2.45) is 7.05 Å². The van der Waals surface area contributed by atoms with Gasteiger partial charge < -0.3 is 9.30 Å². The van der Waals surface area contributed by atoms with Gasteiger partial charge in [-0.15, -0.1) is 10.2 Å². The molecule has 2 heterocycles. The second kappa shape index (κ2) is 6.41. The number of hydrogen-bond donors (Lipinski definition) is 1. The number of benzene rings is 1. The molecule has 3 rings (SSSR count). The minimum Gasteiger partial charge on any atom is -0.497 e. The SMILES string of the molecule is COc1ccc2c(c1)c(=O)c(C(=O)Nc1nnc(C(F)(F)F)s1)cn2C. The summed E-state index contributed by atoms with van der Waals surface area (Å²) in [5.41, 5.74) is -0.241. The highest BCUT2D eigenvalue weighted by atomic mass is 32.1. The molecular weight excluding hydrogens is 373 g/mol. The number of carbonyl (C=O) groups is 1. The molecule has 0 fully saturated rings. The Morgan fingerprint density at radius 3 is 2.65 bits per heavy atom. The van der Waals surface area contributed by atoms with E-state index in [2.05, 4.69) is 15.5 Å². The topological polar surface area (TPSA) is 86.1 Å². The van der Waals surface area contributed by atoms with Gasteiger partial charge in [0, 0.05) is 13.2 Å². The molecule has 0 atom stereocenters. The molecule has 0 saturated carbocycles. The van der Waals surface area contributed by atoms with E-state index in [0.29, 0.717) is 11.3 Å². The number of aromatic nitrogens is 3. The van der Waals surface area contributed by atoms with Crippen molar-refractivity contribution in [3.05, 3.63) is 45.2 Å². The molecule has 0 aliphatic rings. The minimum absolute atomic E-state index is 0.175. The predicted molar refractivity (Wildman–Crippen MR) is 88.6 cm³/mol. The monoisotopic (exact) mass is 384 g/mol. The standard InChI is InChI=1S/C15H11F3N4O3S/c1-22-6-9(11(23)8-5-7(25-2)3-4-10(8)22)12(24)19-14-21-20-13(26-14)15(16,17)18/h3-6H,1-2H3,(H,19,21,24). The van der Waals surface area contributed by atoms with Crippen LogP contribution in [0.2, 0.25) is 0 Å². The Bertz CT molecular complexity index is 1060. The first kappa shape index (κ1) is 17.9. The number of ether oxygens (including phenoxy) is 1. The fourth-order valence-electron chi connectivity index (χ4n) is 2.31. The van der Waals surface area contributed by atoms with Gasteiger partial charge in [0.1, 0.15) is 11.3 Å². The van der Waals surface area contributed by atoms with Gasteiger partial charge in [0.15, 0.2) is 0 Å². The van der Waals surface area contributed by atoms with E-state index in [1.54, 1.807) is 23.7 Å². The molecule has 1 amide bonds. The molecule has 11 heteroatoms. The number of amides is 1. The third-order valence-electron chi connectivity index (χ3n) is 3.53. The number of aryl methyl sites for hydroxylation is 1. The maximum absolute atomic E-state index is 12.6. The van der Waals surface area contributed by atoms with Crippen molar-refractivity contribution < 1.29 is 22.7 Å². The molecule has 0 spiro atoms. The third kappa shape index (κ3) is 3.25. The molecule has 3 aromatic rings. The van der Waals surface area contributed by atoms with Crippen molar-refractivity contribution in [2.75, 3.05) is 12.4 Å². The Morgan fingerprint density at radius 2 is 2.04 bits per heavy atom. The Morgan fingerprint density at radius 1 is 1.31 bits per heavy atom. The van der Waals surface area contributed by atoms with Crippen LogP contribution in [0.4, 0.5) is 18.3 Å². The van der Waals surface area contributed by atoms with Crippen molar-refractivity contribution in [3.63, 3.8) is 0 Å². The van der Waals surface area contributed by atoms with E-state index in [-0.39, 0.29) is 27.4 Å². The number of carbonyl (C=O) groups excluding carboxylic acids is 1. The molecule has 0 unspecified atom stereocenters. The Hall–Kier alpha value is -2.95. The predicted octanol–water partition coefficient (Wildman–Crippen LogP) is 2.67. The smallest absolute Gasteiger partial charge is 0.445 e. The van der Waals surface area contributed by atoms with Crippen LogP contribution in [0.3, 0.4) is 0 Å². The summed E-state index contributed by atoms with van der Waals surface area (Å²) in [5.74, 6) is -0.439. The van der Waals surface area contributed by atoms with Gasteiger partial charge in [0.05, 0.1) is 18.0 Å². The van der Waals surface area contributed by atoms with Crippen LogP contribution < -0.4 is 15.5 Å². The molecule has 0 aliphatic heterocycles. The highest BCUT2D eigenvalue weighted by molar-refractivity contribution is 7.15. The summed E-state index contributed by atoms with van der Waals surface area (Å²) in [6.45, 7) is 0. The van der Waals surface area contributed by atoms with E-state index in [1.165, 1.54) is 19.4 Å². The van der Waals surface area contributed by atoms with Crippen LogP contribution in [0.1, 0.15) is 15.4 Å². The number of pyridine rings is 1. The van der Waals surface area contributed by atoms with Gasteiger partial charge in [-0.25, -0.2) is 0 Å². The first-order chi connectivity index (χ1) is 12.2. The maximum atomic E-state index is 12.6. The van der Waals surface area contributed by atoms with E-state index in [0.717, 1.165) is 0 Å². The lowest BCUT2D eigenvalue weighted by Gasteiger charge is -2.09. The summed E-state index contributed by atoms with van der Waals surface area (Å²) in [6.07, 6.45) is -3.35. The van der Waals surface area contributed by atoms with Crippen LogP contribution in [0.15, 0.2) is 29.2 Å². The van der Waals surface area contributed by atoms with Crippen molar-refractivity contribution in [1.82, 2.24) is 14.8 Å². The normalized spacial score (nSPS) is 11.6.